The fraction of sp³-hybridized carbons (Fsp3) is 0.308. The van der Waals surface area contributed by atoms with Gasteiger partial charge in [0.05, 0.1) is 18.2 Å². The maximum Gasteiger partial charge on any atom is 0.0950 e. The molecule has 3 heteroatoms. The summed E-state index contributed by atoms with van der Waals surface area (Å²) in [7, 11) is 0. The highest BCUT2D eigenvalue weighted by atomic mass is 16.3. The van der Waals surface area contributed by atoms with E-state index in [1.807, 2.05) is 30.5 Å². The Bertz CT molecular complexity index is 411. The molecular weight excluding hydrogens is 200 g/mol. The van der Waals surface area contributed by atoms with E-state index < -0.39 is 0 Å². The molecule has 2 aromatic rings. The molecule has 3 nitrogen and oxygen atoms in total. The molecule has 16 heavy (non-hydrogen) atoms. The Labute approximate surface area is 95.5 Å². The molecule has 0 saturated heterocycles. The molecule has 2 aromatic heterocycles. The first-order chi connectivity index (χ1) is 7.77. The van der Waals surface area contributed by atoms with Crippen LogP contribution in [0.4, 0.5) is 0 Å². The molecular formula is C13H16N2O. The van der Waals surface area contributed by atoms with Gasteiger partial charge in [0.15, 0.2) is 0 Å². The van der Waals surface area contributed by atoms with E-state index in [-0.39, 0.29) is 12.1 Å². The summed E-state index contributed by atoms with van der Waals surface area (Å²) in [6.07, 6.45) is 5.28. The smallest absolute Gasteiger partial charge is 0.0950 e. The minimum absolute atomic E-state index is 0.228. The van der Waals surface area contributed by atoms with Crippen molar-refractivity contribution in [1.82, 2.24) is 10.3 Å². The Morgan fingerprint density at radius 1 is 1.19 bits per heavy atom. The lowest BCUT2D eigenvalue weighted by Gasteiger charge is -2.18. The van der Waals surface area contributed by atoms with Gasteiger partial charge in [-0.25, -0.2) is 0 Å². The van der Waals surface area contributed by atoms with Gasteiger partial charge in [-0.1, -0.05) is 6.07 Å². The van der Waals surface area contributed by atoms with Crippen LogP contribution in [0.2, 0.25) is 0 Å². The summed E-state index contributed by atoms with van der Waals surface area (Å²) >= 11 is 0. The largest absolute Gasteiger partial charge is 0.472 e. The summed E-state index contributed by atoms with van der Waals surface area (Å²) in [4.78, 5) is 4.33. The van der Waals surface area contributed by atoms with Crippen LogP contribution in [0, 0.1) is 0 Å². The topological polar surface area (TPSA) is 38.1 Å². The van der Waals surface area contributed by atoms with Crippen LogP contribution in [0.5, 0.6) is 0 Å². The van der Waals surface area contributed by atoms with Crippen LogP contribution in [0.3, 0.4) is 0 Å². The van der Waals surface area contributed by atoms with Crippen LogP contribution in [-0.4, -0.2) is 4.98 Å². The molecule has 1 N–H and O–H groups in total. The van der Waals surface area contributed by atoms with Crippen molar-refractivity contribution in [2.75, 3.05) is 0 Å². The van der Waals surface area contributed by atoms with Crippen molar-refractivity contribution in [2.45, 2.75) is 25.9 Å². The summed E-state index contributed by atoms with van der Waals surface area (Å²) in [5.74, 6) is 0. The zero-order chi connectivity index (χ0) is 11.4. The van der Waals surface area contributed by atoms with Crippen LogP contribution >= 0.6 is 0 Å². The second kappa shape index (κ2) is 4.94. The minimum Gasteiger partial charge on any atom is -0.472 e. The molecule has 0 saturated carbocycles. The van der Waals surface area contributed by atoms with Crippen molar-refractivity contribution in [2.24, 2.45) is 0 Å². The molecule has 0 spiro atoms. The van der Waals surface area contributed by atoms with Crippen LogP contribution in [0.15, 0.2) is 47.4 Å². The van der Waals surface area contributed by atoms with Gasteiger partial charge in [0, 0.05) is 23.8 Å². The molecule has 0 bridgehead atoms. The van der Waals surface area contributed by atoms with E-state index >= 15 is 0 Å². The van der Waals surface area contributed by atoms with Gasteiger partial charge in [-0.05, 0) is 32.0 Å². The fourth-order valence-corrected chi connectivity index (χ4v) is 1.71. The van der Waals surface area contributed by atoms with Crippen molar-refractivity contribution < 1.29 is 4.42 Å². The van der Waals surface area contributed by atoms with Gasteiger partial charge in [-0.15, -0.1) is 0 Å². The summed E-state index contributed by atoms with van der Waals surface area (Å²) in [5, 5.41) is 3.48. The Balaban J connectivity index is 2.00. The third-order valence-electron chi connectivity index (χ3n) is 2.67. The lowest BCUT2D eigenvalue weighted by atomic mass is 10.1. The van der Waals surface area contributed by atoms with Gasteiger partial charge in [0.1, 0.15) is 0 Å². The molecule has 84 valence electrons. The first-order valence-electron chi connectivity index (χ1n) is 5.46. The average Bonchev–Trinajstić information content (AvgIpc) is 2.83. The number of nitrogens with one attached hydrogen (secondary N) is 1. The number of hydrogen-bond donors (Lipinski definition) is 1. The Morgan fingerprint density at radius 3 is 2.69 bits per heavy atom. The molecule has 1 unspecified atom stereocenters. The summed E-state index contributed by atoms with van der Waals surface area (Å²) < 4.78 is 5.07. The lowest BCUT2D eigenvalue weighted by Crippen LogP contribution is -2.22. The molecule has 2 heterocycles. The zero-order valence-electron chi connectivity index (χ0n) is 9.55. The number of pyridine rings is 1. The maximum absolute atomic E-state index is 5.07. The number of hydrogen-bond acceptors (Lipinski definition) is 3. The van der Waals surface area contributed by atoms with E-state index in [9.17, 15) is 0 Å². The molecule has 0 aliphatic heterocycles. The van der Waals surface area contributed by atoms with Gasteiger partial charge in [0.25, 0.3) is 0 Å². The van der Waals surface area contributed by atoms with Crippen molar-refractivity contribution >= 4 is 0 Å². The highest BCUT2D eigenvalue weighted by molar-refractivity contribution is 5.13. The van der Waals surface area contributed by atoms with Crippen LogP contribution in [0.1, 0.15) is 37.2 Å². The second-order valence-corrected chi connectivity index (χ2v) is 3.92. The number of furan rings is 1. The average molecular weight is 216 g/mol. The van der Waals surface area contributed by atoms with Crippen LogP contribution in [-0.2, 0) is 0 Å². The van der Waals surface area contributed by atoms with Gasteiger partial charge in [0.2, 0.25) is 0 Å². The van der Waals surface area contributed by atoms with E-state index in [1.165, 1.54) is 0 Å². The lowest BCUT2D eigenvalue weighted by molar-refractivity contribution is 0.479. The van der Waals surface area contributed by atoms with E-state index in [2.05, 4.69) is 24.1 Å². The van der Waals surface area contributed by atoms with Gasteiger partial charge < -0.3 is 9.73 Å². The van der Waals surface area contributed by atoms with Crippen molar-refractivity contribution in [1.29, 1.82) is 0 Å². The van der Waals surface area contributed by atoms with Gasteiger partial charge >= 0.3 is 0 Å². The van der Waals surface area contributed by atoms with Crippen molar-refractivity contribution in [3.63, 3.8) is 0 Å². The van der Waals surface area contributed by atoms with E-state index in [0.717, 1.165) is 11.3 Å². The van der Waals surface area contributed by atoms with Crippen molar-refractivity contribution in [3.05, 3.63) is 54.2 Å². The molecule has 0 radical (unpaired) electrons. The number of rotatable bonds is 4. The Morgan fingerprint density at radius 2 is 2.06 bits per heavy atom. The Kier molecular flexibility index (Phi) is 3.37. The number of aromatic nitrogens is 1. The predicted octanol–water partition coefficient (Wildman–Crippen LogP) is 3.09. The normalized spacial score (nSPS) is 14.6. The summed E-state index contributed by atoms with van der Waals surface area (Å²) in [5.41, 5.74) is 2.21. The molecule has 0 aliphatic rings. The van der Waals surface area contributed by atoms with Gasteiger partial charge in [-0.3, -0.25) is 4.98 Å². The second-order valence-electron chi connectivity index (χ2n) is 3.92. The van der Waals surface area contributed by atoms with E-state index in [0.29, 0.717) is 0 Å². The molecule has 2 atom stereocenters. The minimum atomic E-state index is 0.228. The predicted molar refractivity (Wildman–Crippen MR) is 62.9 cm³/mol. The molecule has 0 aliphatic carbocycles. The third kappa shape index (κ3) is 2.49. The monoisotopic (exact) mass is 216 g/mol. The molecule has 0 aromatic carbocycles. The van der Waals surface area contributed by atoms with Crippen LogP contribution < -0.4 is 5.32 Å². The Hall–Kier alpha value is -1.61. The maximum atomic E-state index is 5.07. The van der Waals surface area contributed by atoms with E-state index in [1.54, 1.807) is 12.5 Å². The fourth-order valence-electron chi connectivity index (χ4n) is 1.71. The van der Waals surface area contributed by atoms with Crippen LogP contribution in [0.25, 0.3) is 0 Å². The molecule has 0 fully saturated rings. The first-order valence-corrected chi connectivity index (χ1v) is 5.46. The van der Waals surface area contributed by atoms with E-state index in [4.69, 9.17) is 4.42 Å². The summed E-state index contributed by atoms with van der Waals surface area (Å²) in [6, 6.07) is 8.42. The third-order valence-corrected chi connectivity index (χ3v) is 2.67. The molecule has 2 rings (SSSR count). The first kappa shape index (κ1) is 10.9. The highest BCUT2D eigenvalue weighted by Crippen LogP contribution is 2.17. The van der Waals surface area contributed by atoms with Gasteiger partial charge in [-0.2, -0.15) is 0 Å². The zero-order valence-corrected chi connectivity index (χ0v) is 9.55. The SMILES string of the molecule is CC(N[C@H](C)c1ccccn1)c1ccoc1. The summed E-state index contributed by atoms with van der Waals surface area (Å²) in [6.45, 7) is 4.23. The highest BCUT2D eigenvalue weighted by Gasteiger charge is 2.12. The van der Waals surface area contributed by atoms with Crippen molar-refractivity contribution in [3.8, 4) is 0 Å². The standard InChI is InChI=1S/C13H16N2O/c1-10(12-6-8-16-9-12)15-11(2)13-5-3-4-7-14-13/h3-11,15H,1-2H3/t10?,11-/m1/s1. The quantitative estimate of drug-likeness (QED) is 0.853. The molecule has 0 amide bonds. The number of nitrogens with zero attached hydrogens (tertiary/aromatic N) is 1.